The molecule has 0 unspecified atom stereocenters. The lowest BCUT2D eigenvalue weighted by molar-refractivity contribution is -0.140. The first kappa shape index (κ1) is 17.2. The van der Waals surface area contributed by atoms with E-state index in [1.165, 1.54) is 11.5 Å². The van der Waals surface area contributed by atoms with Crippen molar-refractivity contribution in [2.45, 2.75) is 52.6 Å². The Bertz CT molecular complexity index is 653. The molecule has 0 saturated carbocycles. The molecule has 1 aromatic heterocycles. The van der Waals surface area contributed by atoms with Crippen LogP contribution in [0, 0.1) is 13.8 Å². The lowest BCUT2D eigenvalue weighted by Crippen LogP contribution is -2.51. The van der Waals surface area contributed by atoms with Crippen molar-refractivity contribution in [1.82, 2.24) is 19.8 Å². The van der Waals surface area contributed by atoms with Crippen LogP contribution in [0.3, 0.4) is 0 Å². The average molecular weight is 320 g/mol. The van der Waals surface area contributed by atoms with Crippen LogP contribution in [0.2, 0.25) is 0 Å². The van der Waals surface area contributed by atoms with Crippen molar-refractivity contribution in [3.63, 3.8) is 0 Å². The normalized spacial score (nSPS) is 17.9. The van der Waals surface area contributed by atoms with E-state index in [1.54, 1.807) is 11.8 Å². The highest BCUT2D eigenvalue weighted by atomic mass is 16.2. The zero-order valence-electron chi connectivity index (χ0n) is 14.0. The standard InChI is InChI=1S/C16H24N4O3/c1-11-10-12(2)19(16(23)18-11)9-7-17-15(22)14-6-4-5-8-20(14)13(3)21/h10,14H,4-9H2,1-3H3,(H,17,22)/t14-/m1/s1. The summed E-state index contributed by atoms with van der Waals surface area (Å²) in [6.45, 7) is 6.46. The van der Waals surface area contributed by atoms with Gasteiger partial charge in [-0.05, 0) is 39.2 Å². The molecule has 0 spiro atoms. The number of aromatic nitrogens is 2. The van der Waals surface area contributed by atoms with Crippen molar-refractivity contribution < 1.29 is 9.59 Å². The van der Waals surface area contributed by atoms with Gasteiger partial charge in [0.25, 0.3) is 0 Å². The summed E-state index contributed by atoms with van der Waals surface area (Å²) < 4.78 is 1.54. The fourth-order valence-electron chi connectivity index (χ4n) is 3.04. The van der Waals surface area contributed by atoms with Gasteiger partial charge in [0, 0.05) is 37.9 Å². The van der Waals surface area contributed by atoms with E-state index in [1.807, 2.05) is 13.0 Å². The molecule has 0 aliphatic carbocycles. The van der Waals surface area contributed by atoms with E-state index in [-0.39, 0.29) is 17.5 Å². The van der Waals surface area contributed by atoms with Gasteiger partial charge in [-0.1, -0.05) is 0 Å². The lowest BCUT2D eigenvalue weighted by Gasteiger charge is -2.33. The highest BCUT2D eigenvalue weighted by Gasteiger charge is 2.29. The largest absolute Gasteiger partial charge is 0.353 e. The number of hydrogen-bond donors (Lipinski definition) is 1. The number of piperidine rings is 1. The Morgan fingerprint density at radius 3 is 2.74 bits per heavy atom. The molecule has 2 rings (SSSR count). The minimum Gasteiger partial charge on any atom is -0.353 e. The third kappa shape index (κ3) is 4.18. The minimum absolute atomic E-state index is 0.0698. The van der Waals surface area contributed by atoms with Crippen molar-refractivity contribution in [1.29, 1.82) is 0 Å². The van der Waals surface area contributed by atoms with E-state index in [0.717, 1.165) is 18.5 Å². The zero-order valence-corrected chi connectivity index (χ0v) is 14.0. The Labute approximate surface area is 135 Å². The van der Waals surface area contributed by atoms with Crippen molar-refractivity contribution >= 4 is 11.8 Å². The number of likely N-dealkylation sites (tertiary alicyclic amines) is 1. The molecule has 0 radical (unpaired) electrons. The van der Waals surface area contributed by atoms with Gasteiger partial charge in [-0.25, -0.2) is 4.79 Å². The van der Waals surface area contributed by atoms with Gasteiger partial charge in [-0.3, -0.25) is 14.2 Å². The van der Waals surface area contributed by atoms with E-state index in [0.29, 0.717) is 31.7 Å². The SMILES string of the molecule is CC(=O)N1CCCC[C@@H]1C(=O)NCCn1c(C)cc(C)nc1=O. The number of aryl methyl sites for hydroxylation is 2. The summed E-state index contributed by atoms with van der Waals surface area (Å²) in [5, 5.41) is 2.83. The van der Waals surface area contributed by atoms with Crippen LogP contribution in [0.4, 0.5) is 0 Å². The Hall–Kier alpha value is -2.18. The zero-order chi connectivity index (χ0) is 17.0. The highest BCUT2D eigenvalue weighted by Crippen LogP contribution is 2.17. The van der Waals surface area contributed by atoms with Crippen molar-refractivity contribution in [2.24, 2.45) is 0 Å². The summed E-state index contributed by atoms with van der Waals surface area (Å²) in [6, 6.07) is 1.44. The van der Waals surface area contributed by atoms with Gasteiger partial charge in [-0.2, -0.15) is 4.98 Å². The predicted octanol–water partition coefficient (Wildman–Crippen LogP) is 0.377. The van der Waals surface area contributed by atoms with Gasteiger partial charge in [0.2, 0.25) is 11.8 Å². The monoisotopic (exact) mass is 320 g/mol. The molecule has 23 heavy (non-hydrogen) atoms. The first-order valence-corrected chi connectivity index (χ1v) is 8.00. The maximum absolute atomic E-state index is 12.3. The lowest BCUT2D eigenvalue weighted by atomic mass is 10.0. The number of carbonyl (C=O) groups is 2. The number of carbonyl (C=O) groups excluding carboxylic acids is 2. The number of rotatable bonds is 4. The molecular weight excluding hydrogens is 296 g/mol. The third-order valence-electron chi connectivity index (χ3n) is 4.19. The Kier molecular flexibility index (Phi) is 5.52. The van der Waals surface area contributed by atoms with Gasteiger partial charge in [0.05, 0.1) is 0 Å². The molecule has 7 nitrogen and oxygen atoms in total. The number of amides is 2. The van der Waals surface area contributed by atoms with Gasteiger partial charge in [-0.15, -0.1) is 0 Å². The predicted molar refractivity (Wildman–Crippen MR) is 86.0 cm³/mol. The van der Waals surface area contributed by atoms with Gasteiger partial charge >= 0.3 is 5.69 Å². The van der Waals surface area contributed by atoms with Crippen LogP contribution < -0.4 is 11.0 Å². The smallest absolute Gasteiger partial charge is 0.348 e. The molecule has 0 bridgehead atoms. The van der Waals surface area contributed by atoms with Crippen LogP contribution >= 0.6 is 0 Å². The summed E-state index contributed by atoms with van der Waals surface area (Å²) in [6.07, 6.45) is 2.58. The fourth-order valence-corrected chi connectivity index (χ4v) is 3.04. The second kappa shape index (κ2) is 7.39. The van der Waals surface area contributed by atoms with Crippen LogP contribution in [0.5, 0.6) is 0 Å². The molecule has 1 N–H and O–H groups in total. The summed E-state index contributed by atoms with van der Waals surface area (Å²) >= 11 is 0. The molecule has 0 aromatic carbocycles. The van der Waals surface area contributed by atoms with Crippen LogP contribution in [-0.4, -0.2) is 45.4 Å². The van der Waals surface area contributed by atoms with Crippen LogP contribution in [-0.2, 0) is 16.1 Å². The molecule has 1 atom stereocenters. The van der Waals surface area contributed by atoms with Crippen molar-refractivity contribution in [2.75, 3.05) is 13.1 Å². The Morgan fingerprint density at radius 1 is 1.35 bits per heavy atom. The second-order valence-corrected chi connectivity index (χ2v) is 5.99. The molecule has 126 valence electrons. The molecule has 2 amide bonds. The molecule has 1 saturated heterocycles. The maximum atomic E-state index is 12.3. The fraction of sp³-hybridized carbons (Fsp3) is 0.625. The molecule has 1 fully saturated rings. The minimum atomic E-state index is -0.393. The second-order valence-electron chi connectivity index (χ2n) is 5.99. The van der Waals surface area contributed by atoms with Crippen molar-refractivity contribution in [3.8, 4) is 0 Å². The summed E-state index contributed by atoms with van der Waals surface area (Å²) in [4.78, 5) is 41.3. The maximum Gasteiger partial charge on any atom is 0.348 e. The van der Waals surface area contributed by atoms with Crippen molar-refractivity contribution in [3.05, 3.63) is 27.9 Å². The number of nitrogens with one attached hydrogen (secondary N) is 1. The van der Waals surface area contributed by atoms with Gasteiger partial charge < -0.3 is 10.2 Å². The summed E-state index contributed by atoms with van der Waals surface area (Å²) in [5.74, 6) is -0.217. The van der Waals surface area contributed by atoms with Crippen LogP contribution in [0.1, 0.15) is 37.6 Å². The molecule has 7 heteroatoms. The molecule has 1 aliphatic heterocycles. The first-order chi connectivity index (χ1) is 10.9. The van der Waals surface area contributed by atoms with Crippen LogP contribution in [0.15, 0.2) is 10.9 Å². The van der Waals surface area contributed by atoms with E-state index in [9.17, 15) is 14.4 Å². The van der Waals surface area contributed by atoms with E-state index < -0.39 is 6.04 Å². The molecular formula is C16H24N4O3. The highest BCUT2D eigenvalue weighted by molar-refractivity contribution is 5.87. The topological polar surface area (TPSA) is 84.3 Å². The van der Waals surface area contributed by atoms with E-state index in [4.69, 9.17) is 0 Å². The third-order valence-corrected chi connectivity index (χ3v) is 4.19. The quantitative estimate of drug-likeness (QED) is 0.869. The molecule has 1 aliphatic rings. The number of hydrogen-bond acceptors (Lipinski definition) is 4. The number of nitrogens with zero attached hydrogens (tertiary/aromatic N) is 3. The van der Waals surface area contributed by atoms with Gasteiger partial charge in [0.15, 0.2) is 0 Å². The molecule has 1 aromatic rings. The van der Waals surface area contributed by atoms with E-state index in [2.05, 4.69) is 10.3 Å². The Morgan fingerprint density at radius 2 is 2.09 bits per heavy atom. The average Bonchev–Trinajstić information content (AvgIpc) is 2.49. The Balaban J connectivity index is 1.94. The summed E-state index contributed by atoms with van der Waals surface area (Å²) in [7, 11) is 0. The summed E-state index contributed by atoms with van der Waals surface area (Å²) in [5.41, 5.74) is 1.20. The van der Waals surface area contributed by atoms with Crippen LogP contribution in [0.25, 0.3) is 0 Å². The first-order valence-electron chi connectivity index (χ1n) is 8.00. The van der Waals surface area contributed by atoms with Gasteiger partial charge in [0.1, 0.15) is 6.04 Å². The molecule has 2 heterocycles. The van der Waals surface area contributed by atoms with E-state index >= 15 is 0 Å².